The molecule has 0 saturated carbocycles. The summed E-state index contributed by atoms with van der Waals surface area (Å²) in [6.45, 7) is 1.98. The second-order valence-corrected chi connectivity index (χ2v) is 4.33. The third-order valence-corrected chi connectivity index (χ3v) is 2.90. The number of carbonyl (C=O) groups excluding carboxylic acids is 1. The molecule has 4 nitrogen and oxygen atoms in total. The van der Waals surface area contributed by atoms with Crippen LogP contribution in [0.1, 0.15) is 30.3 Å². The molecule has 0 aliphatic rings. The van der Waals surface area contributed by atoms with E-state index in [9.17, 15) is 4.79 Å². The zero-order chi connectivity index (χ0) is 13.7. The molecule has 0 amide bonds. The van der Waals surface area contributed by atoms with Gasteiger partial charge in [0.25, 0.3) is 0 Å². The van der Waals surface area contributed by atoms with Crippen molar-refractivity contribution in [1.82, 2.24) is 9.97 Å². The van der Waals surface area contributed by atoms with Gasteiger partial charge < -0.3 is 4.90 Å². The Hall–Kier alpha value is -2.23. The number of aromatic nitrogens is 2. The molecule has 0 saturated heterocycles. The molecule has 0 unspecified atom stereocenters. The van der Waals surface area contributed by atoms with E-state index < -0.39 is 0 Å². The lowest BCUT2D eigenvalue weighted by atomic mass is 10.1. The molecule has 0 aliphatic carbocycles. The van der Waals surface area contributed by atoms with Crippen molar-refractivity contribution in [2.75, 3.05) is 11.9 Å². The largest absolute Gasteiger partial charge is 0.329 e. The zero-order valence-corrected chi connectivity index (χ0v) is 11.2. The van der Waals surface area contributed by atoms with Gasteiger partial charge in [0, 0.05) is 25.2 Å². The van der Waals surface area contributed by atoms with E-state index in [2.05, 4.69) is 9.97 Å². The third kappa shape index (κ3) is 3.16. The summed E-state index contributed by atoms with van der Waals surface area (Å²) in [5.74, 6) is 0.785. The Balaban J connectivity index is 2.26. The molecule has 0 N–H and O–H groups in total. The average Bonchev–Trinajstić information content (AvgIpc) is 2.48. The minimum atomic E-state index is 0.0626. The Morgan fingerprint density at radius 3 is 2.63 bits per heavy atom. The number of anilines is 2. The van der Waals surface area contributed by atoms with E-state index in [1.807, 2.05) is 49.2 Å². The summed E-state index contributed by atoms with van der Waals surface area (Å²) in [4.78, 5) is 22.0. The van der Waals surface area contributed by atoms with E-state index in [4.69, 9.17) is 0 Å². The molecular weight excluding hydrogens is 238 g/mol. The highest BCUT2D eigenvalue weighted by Crippen LogP contribution is 2.21. The number of nitrogens with zero attached hydrogens (tertiary/aromatic N) is 3. The normalized spacial score (nSPS) is 10.2. The summed E-state index contributed by atoms with van der Waals surface area (Å²) in [6.07, 6.45) is 2.79. The van der Waals surface area contributed by atoms with Crippen molar-refractivity contribution in [2.45, 2.75) is 19.8 Å². The van der Waals surface area contributed by atoms with E-state index in [-0.39, 0.29) is 5.78 Å². The Kier molecular flexibility index (Phi) is 4.23. The van der Waals surface area contributed by atoms with Gasteiger partial charge in [-0.3, -0.25) is 4.79 Å². The topological polar surface area (TPSA) is 46.1 Å². The predicted molar refractivity (Wildman–Crippen MR) is 75.8 cm³/mol. The highest BCUT2D eigenvalue weighted by molar-refractivity contribution is 5.94. The minimum absolute atomic E-state index is 0.0626. The second kappa shape index (κ2) is 6.09. The van der Waals surface area contributed by atoms with Crippen LogP contribution in [0.15, 0.2) is 42.7 Å². The first-order chi connectivity index (χ1) is 9.22. The summed E-state index contributed by atoms with van der Waals surface area (Å²) in [5, 5.41) is 0. The standard InChI is InChI=1S/C15H17N3O/c1-3-7-14(19)13-10-15(17-11-16-13)18(2)12-8-5-4-6-9-12/h4-6,8-11H,3,7H2,1-2H3. The van der Waals surface area contributed by atoms with Gasteiger partial charge in [-0.25, -0.2) is 9.97 Å². The van der Waals surface area contributed by atoms with Crippen molar-refractivity contribution in [1.29, 1.82) is 0 Å². The SMILES string of the molecule is CCCC(=O)c1cc(N(C)c2ccccc2)ncn1. The third-order valence-electron chi connectivity index (χ3n) is 2.90. The zero-order valence-electron chi connectivity index (χ0n) is 11.2. The van der Waals surface area contributed by atoms with Gasteiger partial charge in [-0.1, -0.05) is 25.1 Å². The van der Waals surface area contributed by atoms with Crippen LogP contribution in [0, 0.1) is 0 Å². The van der Waals surface area contributed by atoms with Gasteiger partial charge in [0.1, 0.15) is 17.8 Å². The lowest BCUT2D eigenvalue weighted by Crippen LogP contribution is -2.13. The Labute approximate surface area is 113 Å². The second-order valence-electron chi connectivity index (χ2n) is 4.33. The van der Waals surface area contributed by atoms with Gasteiger partial charge in [-0.2, -0.15) is 0 Å². The first-order valence-electron chi connectivity index (χ1n) is 6.36. The van der Waals surface area contributed by atoms with Crippen molar-refractivity contribution in [2.24, 2.45) is 0 Å². The molecule has 0 spiro atoms. The maximum Gasteiger partial charge on any atom is 0.181 e. The molecule has 1 aromatic carbocycles. The molecule has 0 aliphatic heterocycles. The molecule has 0 radical (unpaired) electrons. The van der Waals surface area contributed by atoms with Crippen LogP contribution in [0.5, 0.6) is 0 Å². The minimum Gasteiger partial charge on any atom is -0.329 e. The molecule has 0 fully saturated rings. The predicted octanol–water partition coefficient (Wildman–Crippen LogP) is 3.23. The first kappa shape index (κ1) is 13.2. The summed E-state index contributed by atoms with van der Waals surface area (Å²) in [6, 6.07) is 11.6. The lowest BCUT2D eigenvalue weighted by Gasteiger charge is -2.18. The van der Waals surface area contributed by atoms with Crippen LogP contribution in [-0.2, 0) is 0 Å². The maximum absolute atomic E-state index is 11.8. The van der Waals surface area contributed by atoms with Gasteiger partial charge in [0.2, 0.25) is 0 Å². The Bertz CT molecular complexity index is 554. The highest BCUT2D eigenvalue weighted by Gasteiger charge is 2.10. The Morgan fingerprint density at radius 2 is 1.95 bits per heavy atom. The smallest absolute Gasteiger partial charge is 0.181 e. The van der Waals surface area contributed by atoms with Crippen molar-refractivity contribution in [3.8, 4) is 0 Å². The van der Waals surface area contributed by atoms with E-state index in [1.54, 1.807) is 6.07 Å². The number of rotatable bonds is 5. The molecule has 1 aromatic heterocycles. The summed E-state index contributed by atoms with van der Waals surface area (Å²) < 4.78 is 0. The number of Topliss-reactive ketones (excluding diaryl/α,β-unsaturated/α-hetero) is 1. The molecule has 0 bridgehead atoms. The van der Waals surface area contributed by atoms with Crippen molar-refractivity contribution >= 4 is 17.3 Å². The molecule has 98 valence electrons. The van der Waals surface area contributed by atoms with Crippen molar-refractivity contribution < 1.29 is 4.79 Å². The van der Waals surface area contributed by atoms with Gasteiger partial charge in [-0.15, -0.1) is 0 Å². The summed E-state index contributed by atoms with van der Waals surface area (Å²) in [7, 11) is 1.92. The summed E-state index contributed by atoms with van der Waals surface area (Å²) >= 11 is 0. The molecular formula is C15H17N3O. The summed E-state index contributed by atoms with van der Waals surface area (Å²) in [5.41, 5.74) is 1.50. The molecule has 1 heterocycles. The lowest BCUT2D eigenvalue weighted by molar-refractivity contribution is 0.0977. The maximum atomic E-state index is 11.8. The van der Waals surface area contributed by atoms with E-state index >= 15 is 0 Å². The fourth-order valence-electron chi connectivity index (χ4n) is 1.82. The van der Waals surface area contributed by atoms with Crippen LogP contribution in [0.25, 0.3) is 0 Å². The van der Waals surface area contributed by atoms with Crippen molar-refractivity contribution in [3.05, 3.63) is 48.4 Å². The number of hydrogen-bond acceptors (Lipinski definition) is 4. The highest BCUT2D eigenvalue weighted by atomic mass is 16.1. The average molecular weight is 255 g/mol. The van der Waals surface area contributed by atoms with Crippen molar-refractivity contribution in [3.63, 3.8) is 0 Å². The fraction of sp³-hybridized carbons (Fsp3) is 0.267. The monoisotopic (exact) mass is 255 g/mol. The van der Waals surface area contributed by atoms with Gasteiger partial charge in [0.15, 0.2) is 5.78 Å². The number of carbonyl (C=O) groups is 1. The van der Waals surface area contributed by atoms with Crippen LogP contribution in [0.4, 0.5) is 11.5 Å². The van der Waals surface area contributed by atoms with E-state index in [0.717, 1.165) is 17.9 Å². The molecule has 0 atom stereocenters. The Morgan fingerprint density at radius 1 is 1.21 bits per heavy atom. The van der Waals surface area contributed by atoms with E-state index in [1.165, 1.54) is 6.33 Å². The molecule has 19 heavy (non-hydrogen) atoms. The number of para-hydroxylation sites is 1. The quantitative estimate of drug-likeness (QED) is 0.769. The van der Waals surface area contributed by atoms with Crippen LogP contribution in [0.3, 0.4) is 0 Å². The van der Waals surface area contributed by atoms with Gasteiger partial charge in [-0.05, 0) is 18.6 Å². The molecule has 2 rings (SSSR count). The number of benzene rings is 1. The van der Waals surface area contributed by atoms with Gasteiger partial charge in [0.05, 0.1) is 0 Å². The van der Waals surface area contributed by atoms with Gasteiger partial charge >= 0.3 is 0 Å². The molecule has 4 heteroatoms. The number of hydrogen-bond donors (Lipinski definition) is 0. The van der Waals surface area contributed by atoms with Crippen LogP contribution in [-0.4, -0.2) is 22.8 Å². The molecule has 2 aromatic rings. The van der Waals surface area contributed by atoms with Crippen LogP contribution < -0.4 is 4.90 Å². The van der Waals surface area contributed by atoms with Crippen LogP contribution in [0.2, 0.25) is 0 Å². The first-order valence-corrected chi connectivity index (χ1v) is 6.36. The fourth-order valence-corrected chi connectivity index (χ4v) is 1.82. The van der Waals surface area contributed by atoms with Crippen LogP contribution >= 0.6 is 0 Å². The number of ketones is 1. The van der Waals surface area contributed by atoms with E-state index in [0.29, 0.717) is 12.1 Å².